The Bertz CT molecular complexity index is 1180. The molecule has 0 spiro atoms. The molecule has 1 heterocycles. The Morgan fingerprint density at radius 2 is 1.79 bits per heavy atom. The van der Waals surface area contributed by atoms with Crippen LogP contribution >= 0.6 is 0 Å². The zero-order valence-corrected chi connectivity index (χ0v) is 19.2. The van der Waals surface area contributed by atoms with Gasteiger partial charge >= 0.3 is 0 Å². The second-order valence-electron chi connectivity index (χ2n) is 6.96. The topological polar surface area (TPSA) is 116 Å². The van der Waals surface area contributed by atoms with Crippen molar-refractivity contribution in [1.29, 1.82) is 5.26 Å². The SMILES string of the molecule is CCOc1cc(/C=C(/C#N)C(=O)Nc2cc(C)on2)ccc1OCCOc1ccc(OC)cc1. The second kappa shape index (κ2) is 12.0. The molecule has 3 aromatic rings. The maximum Gasteiger partial charge on any atom is 0.267 e. The van der Waals surface area contributed by atoms with Crippen LogP contribution in [0.25, 0.3) is 6.08 Å². The van der Waals surface area contributed by atoms with Crippen molar-refractivity contribution >= 4 is 17.8 Å². The van der Waals surface area contributed by atoms with Gasteiger partial charge < -0.3 is 28.8 Å². The van der Waals surface area contributed by atoms with Gasteiger partial charge in [0.1, 0.15) is 42.1 Å². The molecule has 0 atom stereocenters. The third-order valence-corrected chi connectivity index (χ3v) is 4.48. The molecule has 2 aromatic carbocycles. The van der Waals surface area contributed by atoms with Gasteiger partial charge in [0, 0.05) is 6.07 Å². The highest BCUT2D eigenvalue weighted by molar-refractivity contribution is 6.09. The third kappa shape index (κ3) is 6.77. The van der Waals surface area contributed by atoms with Crippen LogP contribution in [0.1, 0.15) is 18.2 Å². The Hall–Kier alpha value is -4.45. The van der Waals surface area contributed by atoms with E-state index >= 15 is 0 Å². The minimum Gasteiger partial charge on any atom is -0.497 e. The molecule has 0 radical (unpaired) electrons. The van der Waals surface area contributed by atoms with E-state index in [1.54, 1.807) is 38.3 Å². The maximum atomic E-state index is 12.4. The molecule has 1 amide bonds. The van der Waals surface area contributed by atoms with Crippen LogP contribution in [0.5, 0.6) is 23.0 Å². The first-order valence-electron chi connectivity index (χ1n) is 10.6. The van der Waals surface area contributed by atoms with Gasteiger partial charge in [0.05, 0.1) is 13.7 Å². The number of nitrogens with one attached hydrogen (secondary N) is 1. The summed E-state index contributed by atoms with van der Waals surface area (Å²) in [6.07, 6.45) is 1.46. The van der Waals surface area contributed by atoms with Crippen molar-refractivity contribution in [2.75, 3.05) is 32.2 Å². The molecule has 1 N–H and O–H groups in total. The van der Waals surface area contributed by atoms with Crippen LogP contribution in [0.2, 0.25) is 0 Å². The summed E-state index contributed by atoms with van der Waals surface area (Å²) in [6.45, 7) is 4.61. The molecular weight excluding hydrogens is 438 g/mol. The van der Waals surface area contributed by atoms with Gasteiger partial charge in [-0.05, 0) is 61.9 Å². The minimum atomic E-state index is -0.593. The van der Waals surface area contributed by atoms with Crippen molar-refractivity contribution in [3.63, 3.8) is 0 Å². The molecule has 0 aliphatic heterocycles. The summed E-state index contributed by atoms with van der Waals surface area (Å²) in [7, 11) is 1.61. The summed E-state index contributed by atoms with van der Waals surface area (Å²) in [6, 6.07) is 15.9. The quantitative estimate of drug-likeness (QED) is 0.253. The molecule has 176 valence electrons. The second-order valence-corrected chi connectivity index (χ2v) is 6.96. The number of ether oxygens (including phenoxy) is 4. The first-order valence-corrected chi connectivity index (χ1v) is 10.6. The molecule has 1 aromatic heterocycles. The molecule has 34 heavy (non-hydrogen) atoms. The van der Waals surface area contributed by atoms with Crippen molar-refractivity contribution in [3.05, 3.63) is 65.4 Å². The lowest BCUT2D eigenvalue weighted by Crippen LogP contribution is -2.13. The number of rotatable bonds is 11. The predicted octanol–water partition coefficient (Wildman–Crippen LogP) is 4.39. The van der Waals surface area contributed by atoms with E-state index in [9.17, 15) is 10.1 Å². The van der Waals surface area contributed by atoms with Gasteiger partial charge in [-0.25, -0.2) is 0 Å². The van der Waals surface area contributed by atoms with E-state index in [1.807, 2.05) is 37.3 Å². The number of aryl methyl sites for hydroxylation is 1. The first kappa shape index (κ1) is 24.2. The molecule has 0 unspecified atom stereocenters. The number of carbonyl (C=O) groups excluding carboxylic acids is 1. The average Bonchev–Trinajstić information content (AvgIpc) is 3.26. The third-order valence-electron chi connectivity index (χ3n) is 4.48. The molecule has 0 saturated heterocycles. The van der Waals surface area contributed by atoms with Crippen molar-refractivity contribution < 1.29 is 28.3 Å². The van der Waals surface area contributed by atoms with Crippen LogP contribution in [-0.4, -0.2) is 38.0 Å². The van der Waals surface area contributed by atoms with E-state index in [0.29, 0.717) is 48.4 Å². The lowest BCUT2D eigenvalue weighted by molar-refractivity contribution is -0.112. The number of nitriles is 1. The first-order chi connectivity index (χ1) is 16.5. The molecule has 3 rings (SSSR count). The Kier molecular flexibility index (Phi) is 8.52. The summed E-state index contributed by atoms with van der Waals surface area (Å²) < 4.78 is 27.2. The van der Waals surface area contributed by atoms with Crippen LogP contribution < -0.4 is 24.3 Å². The lowest BCUT2D eigenvalue weighted by Gasteiger charge is -2.13. The fourth-order valence-corrected chi connectivity index (χ4v) is 2.91. The highest BCUT2D eigenvalue weighted by atomic mass is 16.5. The normalized spacial score (nSPS) is 10.8. The standard InChI is InChI=1S/C25H25N3O6/c1-4-31-23-15-18(14-19(16-26)25(29)27-24-13-17(2)34-28-24)5-10-22(23)33-12-11-32-21-8-6-20(30-3)7-9-21/h5-10,13-15H,4,11-12H2,1-3H3,(H,27,28,29)/b19-14-. The van der Waals surface area contributed by atoms with Crippen molar-refractivity contribution in [2.45, 2.75) is 13.8 Å². The molecule has 0 saturated carbocycles. The number of methoxy groups -OCH3 is 1. The number of aromatic nitrogens is 1. The zero-order valence-electron chi connectivity index (χ0n) is 19.2. The summed E-state index contributed by atoms with van der Waals surface area (Å²) in [4.78, 5) is 12.4. The van der Waals surface area contributed by atoms with Gasteiger partial charge in [0.15, 0.2) is 17.3 Å². The van der Waals surface area contributed by atoms with Crippen molar-refractivity contribution in [3.8, 4) is 29.1 Å². The summed E-state index contributed by atoms with van der Waals surface area (Å²) in [5.74, 6) is 2.67. The van der Waals surface area contributed by atoms with E-state index in [1.165, 1.54) is 6.08 Å². The highest BCUT2D eigenvalue weighted by Crippen LogP contribution is 2.29. The van der Waals surface area contributed by atoms with E-state index in [4.69, 9.17) is 23.5 Å². The van der Waals surface area contributed by atoms with Gasteiger partial charge in [0.2, 0.25) is 0 Å². The molecule has 0 bridgehead atoms. The number of nitrogens with zero attached hydrogens (tertiary/aromatic N) is 2. The van der Waals surface area contributed by atoms with Crippen LogP contribution in [0.3, 0.4) is 0 Å². The smallest absolute Gasteiger partial charge is 0.267 e. The highest BCUT2D eigenvalue weighted by Gasteiger charge is 2.13. The van der Waals surface area contributed by atoms with Crippen molar-refractivity contribution in [2.24, 2.45) is 0 Å². The number of carbonyl (C=O) groups is 1. The Morgan fingerprint density at radius 1 is 1.06 bits per heavy atom. The van der Waals surface area contributed by atoms with E-state index in [2.05, 4.69) is 10.5 Å². The molecule has 9 nitrogen and oxygen atoms in total. The van der Waals surface area contributed by atoms with E-state index < -0.39 is 5.91 Å². The monoisotopic (exact) mass is 463 g/mol. The van der Waals surface area contributed by atoms with Crippen LogP contribution in [0.4, 0.5) is 5.82 Å². The Morgan fingerprint density at radius 3 is 2.44 bits per heavy atom. The fourth-order valence-electron chi connectivity index (χ4n) is 2.91. The van der Waals surface area contributed by atoms with Crippen LogP contribution in [0.15, 0.2) is 58.6 Å². The van der Waals surface area contributed by atoms with E-state index in [-0.39, 0.29) is 11.4 Å². The van der Waals surface area contributed by atoms with Gasteiger partial charge in [-0.2, -0.15) is 5.26 Å². The van der Waals surface area contributed by atoms with Gasteiger partial charge in [-0.1, -0.05) is 11.2 Å². The fraction of sp³-hybridized carbons (Fsp3) is 0.240. The number of benzene rings is 2. The predicted molar refractivity (Wildman–Crippen MR) is 125 cm³/mol. The van der Waals surface area contributed by atoms with Crippen molar-refractivity contribution in [1.82, 2.24) is 5.16 Å². The van der Waals surface area contributed by atoms with Crippen LogP contribution in [-0.2, 0) is 4.79 Å². The number of anilines is 1. The molecular formula is C25H25N3O6. The number of hydrogen-bond donors (Lipinski definition) is 1. The maximum absolute atomic E-state index is 12.4. The average molecular weight is 463 g/mol. The largest absolute Gasteiger partial charge is 0.497 e. The Balaban J connectivity index is 1.63. The molecule has 0 aliphatic rings. The zero-order chi connectivity index (χ0) is 24.3. The summed E-state index contributed by atoms with van der Waals surface area (Å²) >= 11 is 0. The summed E-state index contributed by atoms with van der Waals surface area (Å²) in [5, 5.41) is 15.7. The molecule has 0 aliphatic carbocycles. The molecule has 0 fully saturated rings. The molecule has 9 heteroatoms. The Labute approximate surface area is 197 Å². The van der Waals surface area contributed by atoms with E-state index in [0.717, 1.165) is 5.75 Å². The van der Waals surface area contributed by atoms with Gasteiger partial charge in [0.25, 0.3) is 5.91 Å². The number of hydrogen-bond acceptors (Lipinski definition) is 8. The summed E-state index contributed by atoms with van der Waals surface area (Å²) in [5.41, 5.74) is 0.512. The van der Waals surface area contributed by atoms with Crippen LogP contribution in [0, 0.1) is 18.3 Å². The van der Waals surface area contributed by atoms with Gasteiger partial charge in [-0.3, -0.25) is 4.79 Å². The van der Waals surface area contributed by atoms with Gasteiger partial charge in [-0.15, -0.1) is 0 Å². The minimum absolute atomic E-state index is 0.0929. The lowest BCUT2D eigenvalue weighted by atomic mass is 10.1. The number of amides is 1.